The molecule has 0 amide bonds. The van der Waals surface area contributed by atoms with Gasteiger partial charge in [0.15, 0.2) is 0 Å². The van der Waals surface area contributed by atoms with E-state index >= 15 is 0 Å². The molecule has 2 aromatic carbocycles. The van der Waals surface area contributed by atoms with Gasteiger partial charge in [-0.3, -0.25) is 4.79 Å². The summed E-state index contributed by atoms with van der Waals surface area (Å²) in [6.45, 7) is 0. The molecule has 1 fully saturated rings. The maximum Gasteiger partial charge on any atom is 0.319 e. The standard InChI is InChI=1S/C21H22O4/c1-23-17-11-9-16(10-12-17)18-19(24-2)21(18,20(22)25-3)14-13-15-7-5-4-6-8-15/h4-14,18-19H,1-3H3/b14-13+/t18-,19+,21+/m0/s1. The number of methoxy groups -OCH3 is 3. The molecule has 0 unspecified atom stereocenters. The molecular weight excluding hydrogens is 316 g/mol. The SMILES string of the molecule is COC(=O)[C@@]1(/C=C/c2ccccc2)[C@H](OC)[C@@H]1c1ccc(OC)cc1. The number of benzene rings is 2. The highest BCUT2D eigenvalue weighted by molar-refractivity contribution is 5.88. The largest absolute Gasteiger partial charge is 0.497 e. The first kappa shape index (κ1) is 17.2. The van der Waals surface area contributed by atoms with Crippen LogP contribution in [0.4, 0.5) is 0 Å². The van der Waals surface area contributed by atoms with E-state index in [0.29, 0.717) is 0 Å². The second-order valence-corrected chi connectivity index (χ2v) is 6.08. The van der Waals surface area contributed by atoms with Crippen LogP contribution in [-0.4, -0.2) is 33.4 Å². The summed E-state index contributed by atoms with van der Waals surface area (Å²) in [4.78, 5) is 12.6. The Labute approximate surface area is 148 Å². The Morgan fingerprint density at radius 3 is 2.24 bits per heavy atom. The Kier molecular flexibility index (Phi) is 4.91. The molecule has 0 N–H and O–H groups in total. The molecule has 2 aromatic rings. The molecule has 0 radical (unpaired) electrons. The molecule has 0 aromatic heterocycles. The van der Waals surface area contributed by atoms with Crippen molar-refractivity contribution in [3.05, 3.63) is 71.8 Å². The van der Waals surface area contributed by atoms with Gasteiger partial charge >= 0.3 is 5.97 Å². The lowest BCUT2D eigenvalue weighted by Gasteiger charge is -2.11. The van der Waals surface area contributed by atoms with Crippen LogP contribution in [0.2, 0.25) is 0 Å². The van der Waals surface area contributed by atoms with Crippen molar-refractivity contribution in [1.82, 2.24) is 0 Å². The van der Waals surface area contributed by atoms with Crippen molar-refractivity contribution >= 4 is 12.0 Å². The van der Waals surface area contributed by atoms with Crippen LogP contribution in [0, 0.1) is 5.41 Å². The van der Waals surface area contributed by atoms with E-state index in [4.69, 9.17) is 14.2 Å². The topological polar surface area (TPSA) is 44.8 Å². The summed E-state index contributed by atoms with van der Waals surface area (Å²) in [6, 6.07) is 17.6. The first-order chi connectivity index (χ1) is 12.2. The zero-order valence-corrected chi connectivity index (χ0v) is 14.6. The van der Waals surface area contributed by atoms with Gasteiger partial charge in [0.05, 0.1) is 20.3 Å². The number of hydrogen-bond donors (Lipinski definition) is 0. The van der Waals surface area contributed by atoms with E-state index in [9.17, 15) is 4.79 Å². The number of carbonyl (C=O) groups is 1. The molecule has 0 aliphatic heterocycles. The van der Waals surface area contributed by atoms with Crippen LogP contribution < -0.4 is 4.74 Å². The van der Waals surface area contributed by atoms with Crippen molar-refractivity contribution in [3.8, 4) is 5.75 Å². The van der Waals surface area contributed by atoms with Crippen molar-refractivity contribution in [2.24, 2.45) is 5.41 Å². The summed E-state index contributed by atoms with van der Waals surface area (Å²) in [5.74, 6) is 0.407. The second kappa shape index (κ2) is 7.11. The van der Waals surface area contributed by atoms with E-state index < -0.39 is 5.41 Å². The quantitative estimate of drug-likeness (QED) is 0.754. The summed E-state index contributed by atoms with van der Waals surface area (Å²) in [5.41, 5.74) is 1.24. The Morgan fingerprint density at radius 2 is 1.68 bits per heavy atom. The average molecular weight is 338 g/mol. The van der Waals surface area contributed by atoms with Gasteiger partial charge in [0.2, 0.25) is 0 Å². The fourth-order valence-corrected chi connectivity index (χ4v) is 3.45. The Balaban J connectivity index is 1.96. The lowest BCUT2D eigenvalue weighted by Crippen LogP contribution is -2.20. The second-order valence-electron chi connectivity index (χ2n) is 6.08. The van der Waals surface area contributed by atoms with Gasteiger partial charge in [-0.25, -0.2) is 0 Å². The molecule has 0 spiro atoms. The van der Waals surface area contributed by atoms with Gasteiger partial charge in [-0.2, -0.15) is 0 Å². The molecule has 1 aliphatic carbocycles. The monoisotopic (exact) mass is 338 g/mol. The molecule has 3 atom stereocenters. The van der Waals surface area contributed by atoms with Crippen LogP contribution in [0.15, 0.2) is 60.7 Å². The van der Waals surface area contributed by atoms with Gasteiger partial charge < -0.3 is 14.2 Å². The normalized spacial score (nSPS) is 24.9. The average Bonchev–Trinajstić information content (AvgIpc) is 3.35. The molecule has 1 aliphatic rings. The van der Waals surface area contributed by atoms with E-state index in [1.807, 2.05) is 66.7 Å². The van der Waals surface area contributed by atoms with E-state index in [-0.39, 0.29) is 18.0 Å². The number of ether oxygens (including phenoxy) is 3. The smallest absolute Gasteiger partial charge is 0.319 e. The van der Waals surface area contributed by atoms with Crippen LogP contribution in [0.1, 0.15) is 17.0 Å². The zero-order chi connectivity index (χ0) is 17.9. The Hall–Kier alpha value is -2.59. The molecule has 1 saturated carbocycles. The van der Waals surface area contributed by atoms with Gasteiger partial charge in [0, 0.05) is 13.0 Å². The van der Waals surface area contributed by atoms with Gasteiger partial charge in [-0.15, -0.1) is 0 Å². The van der Waals surface area contributed by atoms with Crippen molar-refractivity contribution in [2.75, 3.05) is 21.3 Å². The van der Waals surface area contributed by atoms with Crippen LogP contribution in [0.3, 0.4) is 0 Å². The van der Waals surface area contributed by atoms with Crippen molar-refractivity contribution < 1.29 is 19.0 Å². The van der Waals surface area contributed by atoms with Gasteiger partial charge in [0.25, 0.3) is 0 Å². The first-order valence-corrected chi connectivity index (χ1v) is 8.16. The number of carbonyl (C=O) groups excluding carboxylic acids is 1. The molecular formula is C21H22O4. The fraction of sp³-hybridized carbons (Fsp3) is 0.286. The summed E-state index contributed by atoms with van der Waals surface area (Å²) in [7, 11) is 4.67. The summed E-state index contributed by atoms with van der Waals surface area (Å²) >= 11 is 0. The van der Waals surface area contributed by atoms with Crippen LogP contribution in [0.25, 0.3) is 6.08 Å². The fourth-order valence-electron chi connectivity index (χ4n) is 3.45. The minimum absolute atomic E-state index is 0.0872. The van der Waals surface area contributed by atoms with Crippen molar-refractivity contribution in [3.63, 3.8) is 0 Å². The molecule has 4 nitrogen and oxygen atoms in total. The molecule has 130 valence electrons. The lowest BCUT2D eigenvalue weighted by molar-refractivity contribution is -0.146. The molecule has 3 rings (SSSR count). The van der Waals surface area contributed by atoms with Crippen LogP contribution in [-0.2, 0) is 14.3 Å². The summed E-state index contributed by atoms with van der Waals surface area (Å²) < 4.78 is 15.9. The molecule has 0 saturated heterocycles. The van der Waals surface area contributed by atoms with Gasteiger partial charge in [-0.05, 0) is 23.3 Å². The van der Waals surface area contributed by atoms with Gasteiger partial charge in [0.1, 0.15) is 11.2 Å². The number of rotatable bonds is 6. The Bertz CT molecular complexity index is 751. The predicted molar refractivity (Wildman–Crippen MR) is 96.5 cm³/mol. The van der Waals surface area contributed by atoms with Crippen LogP contribution in [0.5, 0.6) is 5.75 Å². The molecule has 0 bridgehead atoms. The highest BCUT2D eigenvalue weighted by Crippen LogP contribution is 2.63. The third kappa shape index (κ3) is 3.05. The maximum atomic E-state index is 12.6. The maximum absolute atomic E-state index is 12.6. The summed E-state index contributed by atoms with van der Waals surface area (Å²) in [6.07, 6.45) is 3.61. The van der Waals surface area contributed by atoms with Crippen LogP contribution >= 0.6 is 0 Å². The minimum atomic E-state index is -0.812. The molecule has 25 heavy (non-hydrogen) atoms. The number of hydrogen-bond acceptors (Lipinski definition) is 4. The Morgan fingerprint density at radius 1 is 1.00 bits per heavy atom. The minimum Gasteiger partial charge on any atom is -0.497 e. The third-order valence-corrected chi connectivity index (χ3v) is 4.80. The number of esters is 1. The first-order valence-electron chi connectivity index (χ1n) is 8.16. The molecule has 0 heterocycles. The molecule has 4 heteroatoms. The van der Waals surface area contributed by atoms with Crippen molar-refractivity contribution in [1.29, 1.82) is 0 Å². The van der Waals surface area contributed by atoms with Crippen molar-refractivity contribution in [2.45, 2.75) is 12.0 Å². The highest BCUT2D eigenvalue weighted by atomic mass is 16.5. The van der Waals surface area contributed by atoms with Gasteiger partial charge in [-0.1, -0.05) is 54.6 Å². The third-order valence-electron chi connectivity index (χ3n) is 4.80. The highest BCUT2D eigenvalue weighted by Gasteiger charge is 2.70. The predicted octanol–water partition coefficient (Wildman–Crippen LogP) is 3.68. The van der Waals surface area contributed by atoms with E-state index in [2.05, 4.69) is 0 Å². The van der Waals surface area contributed by atoms with E-state index in [1.54, 1.807) is 14.2 Å². The van der Waals surface area contributed by atoms with E-state index in [0.717, 1.165) is 16.9 Å². The van der Waals surface area contributed by atoms with E-state index in [1.165, 1.54) is 7.11 Å². The lowest BCUT2D eigenvalue weighted by atomic mass is 9.97. The zero-order valence-electron chi connectivity index (χ0n) is 14.6. The summed E-state index contributed by atoms with van der Waals surface area (Å²) in [5, 5.41) is 0.